The van der Waals surface area contributed by atoms with Gasteiger partial charge in [0.15, 0.2) is 0 Å². The summed E-state index contributed by atoms with van der Waals surface area (Å²) in [6, 6.07) is 12.0. The zero-order valence-electron chi connectivity index (χ0n) is 18.2. The van der Waals surface area contributed by atoms with Crippen molar-refractivity contribution in [3.8, 4) is 5.75 Å². The largest absolute Gasteiger partial charge is 0.497 e. The molecule has 2 heterocycles. The molecule has 0 radical (unpaired) electrons. The van der Waals surface area contributed by atoms with Gasteiger partial charge in [-0.15, -0.1) is 0 Å². The predicted molar refractivity (Wildman–Crippen MR) is 115 cm³/mol. The Bertz CT molecular complexity index is 1010. The van der Waals surface area contributed by atoms with Crippen molar-refractivity contribution in [2.75, 3.05) is 34.3 Å². The summed E-state index contributed by atoms with van der Waals surface area (Å²) in [6.45, 7) is 1.56. The van der Waals surface area contributed by atoms with Gasteiger partial charge in [-0.3, -0.25) is 14.5 Å². The second-order valence-corrected chi connectivity index (χ2v) is 8.72. The molecule has 1 fully saturated rings. The van der Waals surface area contributed by atoms with Gasteiger partial charge in [-0.1, -0.05) is 18.2 Å². The van der Waals surface area contributed by atoms with Crippen molar-refractivity contribution >= 4 is 11.8 Å². The molecule has 31 heavy (non-hydrogen) atoms. The Balaban J connectivity index is 1.64. The molecular formula is C24H28FN3O3. The van der Waals surface area contributed by atoms with Crippen molar-refractivity contribution in [1.82, 2.24) is 15.1 Å². The van der Waals surface area contributed by atoms with E-state index in [0.717, 1.165) is 11.1 Å². The second kappa shape index (κ2) is 8.30. The van der Waals surface area contributed by atoms with Gasteiger partial charge in [0.05, 0.1) is 18.6 Å². The summed E-state index contributed by atoms with van der Waals surface area (Å²) in [5, 5.41) is 3.22. The van der Waals surface area contributed by atoms with Crippen LogP contribution in [-0.4, -0.2) is 61.4 Å². The van der Waals surface area contributed by atoms with Gasteiger partial charge in [0.1, 0.15) is 11.6 Å². The van der Waals surface area contributed by atoms with Crippen molar-refractivity contribution in [3.05, 3.63) is 65.0 Å². The molecule has 4 rings (SSSR count). The van der Waals surface area contributed by atoms with Crippen molar-refractivity contribution in [1.29, 1.82) is 0 Å². The number of hydrogen-bond donors (Lipinski definition) is 1. The van der Waals surface area contributed by atoms with E-state index in [1.807, 2.05) is 18.2 Å². The Kier molecular flexibility index (Phi) is 5.71. The van der Waals surface area contributed by atoms with E-state index in [-0.39, 0.29) is 23.5 Å². The van der Waals surface area contributed by atoms with E-state index in [4.69, 9.17) is 4.74 Å². The van der Waals surface area contributed by atoms with Crippen molar-refractivity contribution in [2.45, 2.75) is 24.9 Å². The van der Waals surface area contributed by atoms with E-state index < -0.39 is 5.54 Å². The predicted octanol–water partition coefficient (Wildman–Crippen LogP) is 2.47. The smallest absolute Gasteiger partial charge is 0.252 e. The van der Waals surface area contributed by atoms with Crippen LogP contribution < -0.4 is 10.1 Å². The molecule has 0 aliphatic carbocycles. The zero-order chi connectivity index (χ0) is 22.2. The van der Waals surface area contributed by atoms with Crippen LogP contribution in [0.5, 0.6) is 5.75 Å². The number of hydrogen-bond acceptors (Lipinski definition) is 4. The van der Waals surface area contributed by atoms with Crippen LogP contribution in [0.1, 0.15) is 27.9 Å². The average molecular weight is 426 g/mol. The van der Waals surface area contributed by atoms with Gasteiger partial charge in [-0.25, -0.2) is 4.39 Å². The number of ether oxygens (including phenoxy) is 1. The molecule has 0 saturated carbocycles. The number of carbonyl (C=O) groups excluding carboxylic acids is 2. The first-order valence-electron chi connectivity index (χ1n) is 10.5. The molecule has 2 amide bonds. The van der Waals surface area contributed by atoms with Gasteiger partial charge in [-0.2, -0.15) is 0 Å². The Hall–Kier alpha value is -2.93. The molecule has 2 aromatic carbocycles. The third-order valence-corrected chi connectivity index (χ3v) is 6.41. The third kappa shape index (κ3) is 4.14. The minimum Gasteiger partial charge on any atom is -0.497 e. The molecule has 2 aliphatic heterocycles. The van der Waals surface area contributed by atoms with Gasteiger partial charge in [-0.05, 0) is 48.2 Å². The standard InChI is InChI=1S/C24H28FN3O3/c1-27(2)23(30)21-14-28(13-16-5-4-6-18(25)11-16)15-24(21)10-9-17-7-8-19(31-3)12-20(17)22(29)26-24/h4-8,11-12,21H,9-10,13-15H2,1-3H3,(H,26,29)/t21-,24+/m1/s1. The molecule has 1 spiro atoms. The lowest BCUT2D eigenvalue weighted by Crippen LogP contribution is -2.57. The first-order valence-corrected chi connectivity index (χ1v) is 10.5. The molecule has 0 bridgehead atoms. The number of rotatable bonds is 4. The molecule has 1 saturated heterocycles. The van der Waals surface area contributed by atoms with Crippen LogP contribution in [0.15, 0.2) is 42.5 Å². The summed E-state index contributed by atoms with van der Waals surface area (Å²) in [6.07, 6.45) is 1.34. The fraction of sp³-hybridized carbons (Fsp3) is 0.417. The second-order valence-electron chi connectivity index (χ2n) is 8.72. The van der Waals surface area contributed by atoms with Crippen LogP contribution in [-0.2, 0) is 17.8 Å². The van der Waals surface area contributed by atoms with Crippen molar-refractivity contribution < 1.29 is 18.7 Å². The number of fused-ring (bicyclic) bond motifs is 1. The average Bonchev–Trinajstić information content (AvgIpc) is 3.01. The number of benzene rings is 2. The molecule has 7 heteroatoms. The number of nitrogens with one attached hydrogen (secondary N) is 1. The van der Waals surface area contributed by atoms with Gasteiger partial charge < -0.3 is 15.0 Å². The Morgan fingerprint density at radius 2 is 2.10 bits per heavy atom. The lowest BCUT2D eigenvalue weighted by atomic mass is 9.81. The minimum atomic E-state index is -0.683. The maximum atomic E-state index is 13.7. The number of carbonyl (C=O) groups is 2. The molecule has 0 unspecified atom stereocenters. The number of aryl methyl sites for hydroxylation is 1. The van der Waals surface area contributed by atoms with E-state index in [0.29, 0.717) is 43.8 Å². The highest BCUT2D eigenvalue weighted by Crippen LogP contribution is 2.37. The number of halogens is 1. The summed E-state index contributed by atoms with van der Waals surface area (Å²) in [5.74, 6) is -0.221. The van der Waals surface area contributed by atoms with Gasteiger partial charge in [0.25, 0.3) is 5.91 Å². The van der Waals surface area contributed by atoms with Gasteiger partial charge >= 0.3 is 0 Å². The van der Waals surface area contributed by atoms with Crippen LogP contribution in [0.2, 0.25) is 0 Å². The summed E-state index contributed by atoms with van der Waals surface area (Å²) in [7, 11) is 5.05. The monoisotopic (exact) mass is 425 g/mol. The molecule has 1 N–H and O–H groups in total. The molecule has 0 aromatic heterocycles. The molecule has 2 aromatic rings. The number of methoxy groups -OCH3 is 1. The van der Waals surface area contributed by atoms with Crippen LogP contribution in [0.3, 0.4) is 0 Å². The lowest BCUT2D eigenvalue weighted by Gasteiger charge is -2.35. The van der Waals surface area contributed by atoms with E-state index in [1.54, 1.807) is 38.2 Å². The van der Waals surface area contributed by atoms with Crippen LogP contribution in [0.4, 0.5) is 4.39 Å². The molecular weight excluding hydrogens is 397 g/mol. The molecule has 2 aliphatic rings. The zero-order valence-corrected chi connectivity index (χ0v) is 18.2. The first-order chi connectivity index (χ1) is 14.8. The SMILES string of the molecule is COc1ccc2c(c1)C(=O)N[C@@]1(CC2)CN(Cc2cccc(F)c2)C[C@@H]1C(=O)N(C)C. The van der Waals surface area contributed by atoms with Crippen molar-refractivity contribution in [3.63, 3.8) is 0 Å². The molecule has 164 valence electrons. The fourth-order valence-electron chi connectivity index (χ4n) is 4.85. The molecule has 6 nitrogen and oxygen atoms in total. The minimum absolute atomic E-state index is 0.00872. The Morgan fingerprint density at radius 3 is 2.81 bits per heavy atom. The fourth-order valence-corrected chi connectivity index (χ4v) is 4.85. The van der Waals surface area contributed by atoms with E-state index in [2.05, 4.69) is 10.2 Å². The lowest BCUT2D eigenvalue weighted by molar-refractivity contribution is -0.134. The normalized spacial score (nSPS) is 23.2. The first kappa shape index (κ1) is 21.3. The topological polar surface area (TPSA) is 61.9 Å². The summed E-state index contributed by atoms with van der Waals surface area (Å²) < 4.78 is 19.0. The highest BCUT2D eigenvalue weighted by molar-refractivity contribution is 5.97. The Morgan fingerprint density at radius 1 is 1.29 bits per heavy atom. The summed E-state index contributed by atoms with van der Waals surface area (Å²) in [4.78, 5) is 30.1. The summed E-state index contributed by atoms with van der Waals surface area (Å²) in [5.41, 5.74) is 1.71. The van der Waals surface area contributed by atoms with E-state index in [9.17, 15) is 14.0 Å². The highest BCUT2D eigenvalue weighted by atomic mass is 19.1. The van der Waals surface area contributed by atoms with E-state index in [1.165, 1.54) is 12.1 Å². The van der Waals surface area contributed by atoms with Crippen LogP contribution in [0, 0.1) is 11.7 Å². The molecule has 2 atom stereocenters. The van der Waals surface area contributed by atoms with Crippen LogP contribution >= 0.6 is 0 Å². The third-order valence-electron chi connectivity index (χ3n) is 6.41. The maximum absolute atomic E-state index is 13.7. The number of likely N-dealkylation sites (tertiary alicyclic amines) is 1. The summed E-state index contributed by atoms with van der Waals surface area (Å²) >= 11 is 0. The maximum Gasteiger partial charge on any atom is 0.252 e. The van der Waals surface area contributed by atoms with E-state index >= 15 is 0 Å². The van der Waals surface area contributed by atoms with Gasteiger partial charge in [0.2, 0.25) is 5.91 Å². The highest BCUT2D eigenvalue weighted by Gasteiger charge is 2.52. The number of nitrogens with zero attached hydrogens (tertiary/aromatic N) is 2. The number of amides is 2. The Labute approximate surface area is 182 Å². The van der Waals surface area contributed by atoms with Crippen LogP contribution in [0.25, 0.3) is 0 Å². The quantitative estimate of drug-likeness (QED) is 0.818. The van der Waals surface area contributed by atoms with Crippen molar-refractivity contribution in [2.24, 2.45) is 5.92 Å². The van der Waals surface area contributed by atoms with Gasteiger partial charge in [0, 0.05) is 39.3 Å².